The molecule has 7 aromatic rings. The van der Waals surface area contributed by atoms with Crippen LogP contribution in [0.25, 0.3) is 0 Å². The monoisotopic (exact) mass is 709 g/mol. The lowest BCUT2D eigenvalue weighted by Gasteiger charge is -2.25. The Kier molecular flexibility index (Phi) is 14.2. The van der Waals surface area contributed by atoms with E-state index < -0.39 is 0 Å². The average Bonchev–Trinajstić information content (AvgIpc) is 3.22. The van der Waals surface area contributed by atoms with E-state index in [9.17, 15) is 4.79 Å². The number of anilines is 3. The van der Waals surface area contributed by atoms with Crippen molar-refractivity contribution in [3.8, 4) is 11.5 Å². The van der Waals surface area contributed by atoms with Crippen molar-refractivity contribution >= 4 is 22.8 Å². The Bertz CT molecular complexity index is 2120. The molecule has 0 heterocycles. The van der Waals surface area contributed by atoms with Gasteiger partial charge in [0.25, 0.3) is 0 Å². The van der Waals surface area contributed by atoms with Gasteiger partial charge in [-0.25, -0.2) is 0 Å². The van der Waals surface area contributed by atoms with Gasteiger partial charge in [0.2, 0.25) is 0 Å². The van der Waals surface area contributed by atoms with Gasteiger partial charge < -0.3 is 9.64 Å². The number of ketones is 1. The fourth-order valence-corrected chi connectivity index (χ4v) is 5.72. The molecule has 1 unspecified atom stereocenters. The molecule has 0 bridgehead atoms. The highest BCUT2D eigenvalue weighted by atomic mass is 16.5. The molecule has 272 valence electrons. The summed E-state index contributed by atoms with van der Waals surface area (Å²) in [6.45, 7) is 12.8. The summed E-state index contributed by atoms with van der Waals surface area (Å²) in [6, 6.07) is 60.9. The fourth-order valence-electron chi connectivity index (χ4n) is 5.72. The molecule has 3 heteroatoms. The van der Waals surface area contributed by atoms with Crippen molar-refractivity contribution in [1.82, 2.24) is 0 Å². The molecule has 0 radical (unpaired) electrons. The van der Waals surface area contributed by atoms with Gasteiger partial charge in [-0.15, -0.1) is 0 Å². The van der Waals surface area contributed by atoms with Crippen LogP contribution in [0.2, 0.25) is 0 Å². The average molecular weight is 710 g/mol. The molecule has 0 saturated heterocycles. The second-order valence-electron chi connectivity index (χ2n) is 13.7. The molecule has 3 nitrogen and oxygen atoms in total. The molecule has 7 aromatic carbocycles. The zero-order valence-electron chi connectivity index (χ0n) is 32.4. The number of para-hydroxylation sites is 1. The highest BCUT2D eigenvalue weighted by molar-refractivity contribution is 6.09. The van der Waals surface area contributed by atoms with E-state index in [1.54, 1.807) is 12.1 Å². The maximum atomic E-state index is 12.7. The first-order chi connectivity index (χ1) is 26.2. The van der Waals surface area contributed by atoms with Crippen LogP contribution in [0, 0.1) is 27.7 Å². The van der Waals surface area contributed by atoms with Gasteiger partial charge in [-0.3, -0.25) is 4.79 Å². The Morgan fingerprint density at radius 2 is 0.796 bits per heavy atom. The second-order valence-corrected chi connectivity index (χ2v) is 13.7. The van der Waals surface area contributed by atoms with Crippen LogP contribution in [0.15, 0.2) is 182 Å². The van der Waals surface area contributed by atoms with Crippen molar-refractivity contribution in [3.05, 3.63) is 221 Å². The van der Waals surface area contributed by atoms with Gasteiger partial charge in [-0.2, -0.15) is 0 Å². The standard InChI is InChI=1S/C33H27NO2.C10H14.C8H10/c1-24-8-12-26(13-9-24)33(35)27-14-20-31(21-15-27)36-32-22-18-30(19-23-32)34(28-6-4-3-5-7-28)29-16-10-25(2)11-17-29;1-3-9(2)10-7-5-4-6-8-10;1-7-3-5-8(2)6-4-7/h3-23H,1-2H3;4-9H,3H2,1-2H3;3-6H,1-2H3. The Labute approximate surface area is 322 Å². The van der Waals surface area contributed by atoms with E-state index in [1.165, 1.54) is 28.7 Å². The predicted octanol–water partition coefficient (Wildman–Crippen LogP) is 14.3. The molecule has 0 spiro atoms. The Morgan fingerprint density at radius 1 is 0.463 bits per heavy atom. The third-order valence-corrected chi connectivity index (χ3v) is 9.27. The minimum Gasteiger partial charge on any atom is -0.457 e. The minimum absolute atomic E-state index is 0.00279. The highest BCUT2D eigenvalue weighted by Gasteiger charge is 2.13. The SMILES string of the molecule is CCC(C)c1ccccc1.Cc1ccc(C(=O)c2ccc(Oc3ccc(N(c4ccccc4)c4ccc(C)cc4)cc3)cc2)cc1.Cc1ccc(C)cc1. The zero-order chi connectivity index (χ0) is 38.3. The van der Waals surface area contributed by atoms with E-state index in [0.717, 1.165) is 28.4 Å². The van der Waals surface area contributed by atoms with Gasteiger partial charge in [0.05, 0.1) is 0 Å². The van der Waals surface area contributed by atoms with Crippen LogP contribution < -0.4 is 9.64 Å². The molecule has 1 atom stereocenters. The number of aryl methyl sites for hydroxylation is 4. The van der Waals surface area contributed by atoms with Gasteiger partial charge in [-0.1, -0.05) is 145 Å². The number of ether oxygens (including phenoxy) is 1. The second kappa shape index (κ2) is 19.6. The molecule has 0 aliphatic heterocycles. The Balaban J connectivity index is 0.000000254. The van der Waals surface area contributed by atoms with Crippen LogP contribution in [0.4, 0.5) is 17.1 Å². The summed E-state index contributed by atoms with van der Waals surface area (Å²) >= 11 is 0. The summed E-state index contributed by atoms with van der Waals surface area (Å²) in [6.07, 6.45) is 1.23. The van der Waals surface area contributed by atoms with Crippen LogP contribution in [-0.2, 0) is 0 Å². The Hall–Kier alpha value is -6.19. The molecule has 0 fully saturated rings. The summed E-state index contributed by atoms with van der Waals surface area (Å²) in [5, 5.41) is 0. The summed E-state index contributed by atoms with van der Waals surface area (Å²) in [5.74, 6) is 2.12. The topological polar surface area (TPSA) is 29.5 Å². The number of rotatable bonds is 9. The van der Waals surface area contributed by atoms with Crippen molar-refractivity contribution in [3.63, 3.8) is 0 Å². The third-order valence-electron chi connectivity index (χ3n) is 9.27. The van der Waals surface area contributed by atoms with Crippen molar-refractivity contribution in [1.29, 1.82) is 0 Å². The lowest BCUT2D eigenvalue weighted by atomic mass is 9.99. The van der Waals surface area contributed by atoms with Gasteiger partial charge in [0.15, 0.2) is 5.78 Å². The maximum absolute atomic E-state index is 12.7. The smallest absolute Gasteiger partial charge is 0.193 e. The van der Waals surface area contributed by atoms with E-state index >= 15 is 0 Å². The summed E-state index contributed by atoms with van der Waals surface area (Å²) in [7, 11) is 0. The molecular formula is C51H51NO2. The number of hydrogen-bond donors (Lipinski definition) is 0. The normalized spacial score (nSPS) is 10.9. The van der Waals surface area contributed by atoms with Crippen molar-refractivity contribution in [2.24, 2.45) is 0 Å². The van der Waals surface area contributed by atoms with Crippen LogP contribution in [0.3, 0.4) is 0 Å². The molecule has 7 rings (SSSR count). The third kappa shape index (κ3) is 11.4. The van der Waals surface area contributed by atoms with Crippen molar-refractivity contribution < 1.29 is 9.53 Å². The molecule has 0 N–H and O–H groups in total. The van der Waals surface area contributed by atoms with Gasteiger partial charge in [0, 0.05) is 28.2 Å². The van der Waals surface area contributed by atoms with Crippen molar-refractivity contribution in [2.75, 3.05) is 4.90 Å². The Morgan fingerprint density at radius 3 is 1.24 bits per heavy atom. The molecular weight excluding hydrogens is 659 g/mol. The molecule has 0 aliphatic rings. The molecule has 0 saturated carbocycles. The predicted molar refractivity (Wildman–Crippen MR) is 228 cm³/mol. The lowest BCUT2D eigenvalue weighted by molar-refractivity contribution is 0.103. The van der Waals surface area contributed by atoms with Crippen LogP contribution in [0.1, 0.15) is 69.9 Å². The number of carbonyl (C=O) groups is 1. The van der Waals surface area contributed by atoms with E-state index in [4.69, 9.17) is 4.74 Å². The first-order valence-corrected chi connectivity index (χ1v) is 18.7. The number of carbonyl (C=O) groups excluding carboxylic acids is 1. The maximum Gasteiger partial charge on any atom is 0.193 e. The van der Waals surface area contributed by atoms with Crippen LogP contribution >= 0.6 is 0 Å². The first-order valence-electron chi connectivity index (χ1n) is 18.7. The number of nitrogens with zero attached hydrogens (tertiary/aromatic N) is 1. The number of hydrogen-bond acceptors (Lipinski definition) is 3. The van der Waals surface area contributed by atoms with Gasteiger partial charge in [-0.05, 0) is 118 Å². The van der Waals surface area contributed by atoms with E-state index in [1.807, 2.05) is 73.7 Å². The van der Waals surface area contributed by atoms with E-state index in [0.29, 0.717) is 22.8 Å². The highest BCUT2D eigenvalue weighted by Crippen LogP contribution is 2.36. The van der Waals surface area contributed by atoms with Crippen LogP contribution in [0.5, 0.6) is 11.5 Å². The largest absolute Gasteiger partial charge is 0.457 e. The molecule has 0 aliphatic carbocycles. The minimum atomic E-state index is 0.00279. The molecule has 0 amide bonds. The van der Waals surface area contributed by atoms with E-state index in [2.05, 4.69) is 143 Å². The van der Waals surface area contributed by atoms with Gasteiger partial charge in [0.1, 0.15) is 11.5 Å². The zero-order valence-corrected chi connectivity index (χ0v) is 32.4. The first kappa shape index (κ1) is 39.0. The van der Waals surface area contributed by atoms with Crippen molar-refractivity contribution in [2.45, 2.75) is 53.9 Å². The summed E-state index contributed by atoms with van der Waals surface area (Å²) in [5.41, 5.74) is 11.0. The summed E-state index contributed by atoms with van der Waals surface area (Å²) < 4.78 is 6.07. The lowest BCUT2D eigenvalue weighted by Crippen LogP contribution is -2.09. The quantitative estimate of drug-likeness (QED) is 0.140. The summed E-state index contributed by atoms with van der Waals surface area (Å²) in [4.78, 5) is 15.0. The number of benzene rings is 7. The van der Waals surface area contributed by atoms with Crippen LogP contribution in [-0.4, -0.2) is 5.78 Å². The fraction of sp³-hybridized carbons (Fsp3) is 0.157. The van der Waals surface area contributed by atoms with E-state index in [-0.39, 0.29) is 5.78 Å². The van der Waals surface area contributed by atoms with Gasteiger partial charge >= 0.3 is 0 Å². The molecule has 54 heavy (non-hydrogen) atoms. The molecule has 0 aromatic heterocycles.